The first kappa shape index (κ1) is 15.8. The largest absolute Gasteiger partial charge is 0.337 e. The van der Waals surface area contributed by atoms with Gasteiger partial charge in [0, 0.05) is 18.6 Å². The Hall–Kier alpha value is -1.11. The van der Waals surface area contributed by atoms with E-state index in [0.717, 1.165) is 29.2 Å². The molecule has 4 nitrogen and oxygen atoms in total. The molecule has 1 aliphatic rings. The Balaban J connectivity index is 1.63. The van der Waals surface area contributed by atoms with Crippen LogP contribution in [0.5, 0.6) is 0 Å². The summed E-state index contributed by atoms with van der Waals surface area (Å²) in [7, 11) is 0. The molecular formula is C16H21N3OS2. The van der Waals surface area contributed by atoms with Crippen LogP contribution >= 0.6 is 23.1 Å². The van der Waals surface area contributed by atoms with Gasteiger partial charge in [-0.25, -0.2) is 4.98 Å². The van der Waals surface area contributed by atoms with Crippen LogP contribution in [-0.2, 0) is 4.79 Å². The van der Waals surface area contributed by atoms with E-state index in [1.807, 2.05) is 30.0 Å². The molecule has 0 spiro atoms. The number of hydrogen-bond acceptors (Lipinski definition) is 5. The van der Waals surface area contributed by atoms with Gasteiger partial charge >= 0.3 is 0 Å². The SMILES string of the molecule is CC(N)C1CCCCN1C(=O)CSc1nc2ccccc2s1. The van der Waals surface area contributed by atoms with Crippen molar-refractivity contribution in [3.05, 3.63) is 24.3 Å². The number of nitrogens with two attached hydrogens (primary N) is 1. The second-order valence-corrected chi connectivity index (χ2v) is 8.00. The smallest absolute Gasteiger partial charge is 0.233 e. The summed E-state index contributed by atoms with van der Waals surface area (Å²) in [5.74, 6) is 0.634. The standard InChI is InChI=1S/C16H21N3OS2/c1-11(17)13-7-4-5-9-19(13)15(20)10-21-16-18-12-6-2-3-8-14(12)22-16/h2-3,6,8,11,13H,4-5,7,9-10,17H2,1H3. The number of piperidine rings is 1. The van der Waals surface area contributed by atoms with Gasteiger partial charge in [0.2, 0.25) is 5.91 Å². The summed E-state index contributed by atoms with van der Waals surface area (Å²) >= 11 is 3.19. The van der Waals surface area contributed by atoms with Crippen molar-refractivity contribution in [3.63, 3.8) is 0 Å². The van der Waals surface area contributed by atoms with Gasteiger partial charge in [-0.2, -0.15) is 0 Å². The van der Waals surface area contributed by atoms with Gasteiger partial charge in [0.25, 0.3) is 0 Å². The Bertz CT molecular complexity index is 623. The molecule has 1 aliphatic heterocycles. The molecular weight excluding hydrogens is 314 g/mol. The van der Waals surface area contributed by atoms with Crippen LogP contribution in [0.25, 0.3) is 10.2 Å². The van der Waals surface area contributed by atoms with Crippen molar-refractivity contribution < 1.29 is 4.79 Å². The number of carbonyl (C=O) groups is 1. The highest BCUT2D eigenvalue weighted by Crippen LogP contribution is 2.30. The van der Waals surface area contributed by atoms with Gasteiger partial charge in [0.05, 0.1) is 16.0 Å². The number of fused-ring (bicyclic) bond motifs is 1. The molecule has 1 amide bonds. The quantitative estimate of drug-likeness (QED) is 0.872. The average molecular weight is 335 g/mol. The average Bonchev–Trinajstić information content (AvgIpc) is 2.95. The molecule has 6 heteroatoms. The van der Waals surface area contributed by atoms with E-state index < -0.39 is 0 Å². The molecule has 0 radical (unpaired) electrons. The minimum atomic E-state index is 0.0386. The number of para-hydroxylation sites is 1. The summed E-state index contributed by atoms with van der Waals surface area (Å²) in [6, 6.07) is 8.31. The normalized spacial score (nSPS) is 20.3. The number of hydrogen-bond donors (Lipinski definition) is 1. The number of carbonyl (C=O) groups excluding carboxylic acids is 1. The number of nitrogens with zero attached hydrogens (tertiary/aromatic N) is 2. The minimum absolute atomic E-state index is 0.0386. The van der Waals surface area contributed by atoms with Gasteiger partial charge in [-0.15, -0.1) is 11.3 Å². The van der Waals surface area contributed by atoms with E-state index in [1.54, 1.807) is 11.3 Å². The molecule has 1 aromatic heterocycles. The molecule has 1 aromatic carbocycles. The molecule has 2 atom stereocenters. The predicted molar refractivity (Wildman–Crippen MR) is 93.3 cm³/mol. The Morgan fingerprint density at radius 3 is 3.09 bits per heavy atom. The molecule has 0 saturated carbocycles. The maximum absolute atomic E-state index is 12.5. The number of thioether (sulfide) groups is 1. The summed E-state index contributed by atoms with van der Waals surface area (Å²) in [5.41, 5.74) is 7.05. The van der Waals surface area contributed by atoms with Gasteiger partial charge in [-0.05, 0) is 38.3 Å². The highest BCUT2D eigenvalue weighted by atomic mass is 32.2. The molecule has 1 saturated heterocycles. The van der Waals surface area contributed by atoms with Crippen LogP contribution in [0.15, 0.2) is 28.6 Å². The van der Waals surface area contributed by atoms with Crippen LogP contribution in [0.2, 0.25) is 0 Å². The Kier molecular flexibility index (Phi) is 5.00. The van der Waals surface area contributed by atoms with Gasteiger partial charge in [-0.1, -0.05) is 23.9 Å². The number of rotatable bonds is 4. The molecule has 118 valence electrons. The molecule has 0 aliphatic carbocycles. The number of amides is 1. The number of thiazole rings is 1. The first-order valence-electron chi connectivity index (χ1n) is 7.68. The molecule has 0 bridgehead atoms. The van der Waals surface area contributed by atoms with Gasteiger partial charge in [-0.3, -0.25) is 4.79 Å². The zero-order valence-electron chi connectivity index (χ0n) is 12.7. The highest BCUT2D eigenvalue weighted by Gasteiger charge is 2.29. The first-order chi connectivity index (χ1) is 10.6. The number of benzene rings is 1. The molecule has 2 unspecified atom stereocenters. The van der Waals surface area contributed by atoms with E-state index >= 15 is 0 Å². The predicted octanol–water partition coefficient (Wildman–Crippen LogP) is 3.12. The van der Waals surface area contributed by atoms with Crippen LogP contribution in [0, 0.1) is 0 Å². The van der Waals surface area contributed by atoms with Crippen LogP contribution in [0.1, 0.15) is 26.2 Å². The van der Waals surface area contributed by atoms with Crippen molar-refractivity contribution in [1.29, 1.82) is 0 Å². The lowest BCUT2D eigenvalue weighted by molar-refractivity contribution is -0.132. The maximum atomic E-state index is 12.5. The van der Waals surface area contributed by atoms with Crippen LogP contribution in [-0.4, -0.2) is 40.2 Å². The lowest BCUT2D eigenvalue weighted by Crippen LogP contribution is -2.52. The van der Waals surface area contributed by atoms with E-state index in [-0.39, 0.29) is 18.0 Å². The van der Waals surface area contributed by atoms with E-state index in [2.05, 4.69) is 11.1 Å². The summed E-state index contributed by atoms with van der Waals surface area (Å²) in [5, 5.41) is 0. The van der Waals surface area contributed by atoms with Crippen LogP contribution < -0.4 is 5.73 Å². The Morgan fingerprint density at radius 1 is 1.50 bits per heavy atom. The monoisotopic (exact) mass is 335 g/mol. The highest BCUT2D eigenvalue weighted by molar-refractivity contribution is 8.01. The Morgan fingerprint density at radius 2 is 2.32 bits per heavy atom. The van der Waals surface area contributed by atoms with Crippen molar-refractivity contribution in [2.45, 2.75) is 42.6 Å². The topological polar surface area (TPSA) is 59.2 Å². The molecule has 2 aromatic rings. The number of aromatic nitrogens is 1. The lowest BCUT2D eigenvalue weighted by atomic mass is 9.97. The summed E-state index contributed by atoms with van der Waals surface area (Å²) < 4.78 is 2.13. The summed E-state index contributed by atoms with van der Waals surface area (Å²) in [6.07, 6.45) is 3.27. The zero-order chi connectivity index (χ0) is 15.5. The Labute approximate surface area is 139 Å². The molecule has 3 rings (SSSR count). The van der Waals surface area contributed by atoms with Crippen LogP contribution in [0.3, 0.4) is 0 Å². The van der Waals surface area contributed by atoms with Crippen molar-refractivity contribution in [2.75, 3.05) is 12.3 Å². The molecule has 2 heterocycles. The fourth-order valence-corrected chi connectivity index (χ4v) is 4.89. The van der Waals surface area contributed by atoms with E-state index in [9.17, 15) is 4.79 Å². The van der Waals surface area contributed by atoms with E-state index in [1.165, 1.54) is 22.9 Å². The van der Waals surface area contributed by atoms with Gasteiger partial charge in [0.1, 0.15) is 0 Å². The van der Waals surface area contributed by atoms with Crippen molar-refractivity contribution in [1.82, 2.24) is 9.88 Å². The molecule has 22 heavy (non-hydrogen) atoms. The summed E-state index contributed by atoms with van der Waals surface area (Å²) in [4.78, 5) is 19.1. The van der Waals surface area contributed by atoms with Crippen molar-refractivity contribution >= 4 is 39.2 Å². The summed E-state index contributed by atoms with van der Waals surface area (Å²) in [6.45, 7) is 2.84. The third-order valence-corrected chi connectivity index (χ3v) is 6.23. The van der Waals surface area contributed by atoms with Gasteiger partial charge < -0.3 is 10.6 Å². The molecule has 2 N–H and O–H groups in total. The maximum Gasteiger partial charge on any atom is 0.233 e. The fraction of sp³-hybridized carbons (Fsp3) is 0.500. The van der Waals surface area contributed by atoms with Gasteiger partial charge in [0.15, 0.2) is 4.34 Å². The van der Waals surface area contributed by atoms with E-state index in [4.69, 9.17) is 5.73 Å². The second kappa shape index (κ2) is 6.98. The van der Waals surface area contributed by atoms with Crippen LogP contribution in [0.4, 0.5) is 0 Å². The third-order valence-electron chi connectivity index (χ3n) is 4.07. The lowest BCUT2D eigenvalue weighted by Gasteiger charge is -2.38. The first-order valence-corrected chi connectivity index (χ1v) is 9.49. The second-order valence-electron chi connectivity index (χ2n) is 5.75. The molecule has 1 fully saturated rings. The number of likely N-dealkylation sites (tertiary alicyclic amines) is 1. The fourth-order valence-electron chi connectivity index (χ4n) is 2.93. The van der Waals surface area contributed by atoms with Crippen molar-refractivity contribution in [2.24, 2.45) is 5.73 Å². The zero-order valence-corrected chi connectivity index (χ0v) is 14.3. The van der Waals surface area contributed by atoms with E-state index in [0.29, 0.717) is 5.75 Å². The minimum Gasteiger partial charge on any atom is -0.337 e. The van der Waals surface area contributed by atoms with Crippen molar-refractivity contribution in [3.8, 4) is 0 Å². The third kappa shape index (κ3) is 3.45.